The fraction of sp³-hybridized carbons (Fsp3) is 0.0625. The van der Waals surface area contributed by atoms with Crippen LogP contribution < -0.4 is 5.84 Å². The SMILES string of the molecule is Nn1c(SCc2cn3cc(Cl)ccc3n2)nnc1-c1cccc(Cl)c1. The van der Waals surface area contributed by atoms with Crippen LogP contribution in [0.4, 0.5) is 0 Å². The maximum Gasteiger partial charge on any atom is 0.210 e. The summed E-state index contributed by atoms with van der Waals surface area (Å²) >= 11 is 13.5. The second-order valence-corrected chi connectivity index (χ2v) is 7.14. The van der Waals surface area contributed by atoms with Crippen LogP contribution in [0, 0.1) is 0 Å². The van der Waals surface area contributed by atoms with Crippen molar-refractivity contribution in [1.29, 1.82) is 0 Å². The van der Waals surface area contributed by atoms with Crippen molar-refractivity contribution in [3.8, 4) is 11.4 Å². The number of halogens is 2. The predicted molar refractivity (Wildman–Crippen MR) is 100 cm³/mol. The molecule has 0 saturated heterocycles. The number of rotatable bonds is 4. The molecule has 0 atom stereocenters. The van der Waals surface area contributed by atoms with Crippen LogP contribution in [0.1, 0.15) is 5.69 Å². The maximum absolute atomic E-state index is 6.13. The zero-order valence-electron chi connectivity index (χ0n) is 12.8. The van der Waals surface area contributed by atoms with Gasteiger partial charge < -0.3 is 10.2 Å². The third-order valence-corrected chi connectivity index (χ3v) is 5.00. The second-order valence-electron chi connectivity index (χ2n) is 5.32. The van der Waals surface area contributed by atoms with Gasteiger partial charge in [-0.2, -0.15) is 0 Å². The monoisotopic (exact) mass is 390 g/mol. The van der Waals surface area contributed by atoms with E-state index >= 15 is 0 Å². The quantitative estimate of drug-likeness (QED) is 0.422. The second kappa shape index (κ2) is 6.59. The van der Waals surface area contributed by atoms with E-state index in [0.717, 1.165) is 16.9 Å². The minimum absolute atomic E-state index is 0.562. The fourth-order valence-corrected chi connectivity index (χ4v) is 3.52. The minimum Gasteiger partial charge on any atom is -0.335 e. The first-order valence-corrected chi connectivity index (χ1v) is 9.07. The van der Waals surface area contributed by atoms with Crippen LogP contribution in [0.2, 0.25) is 10.0 Å². The lowest BCUT2D eigenvalue weighted by molar-refractivity contribution is 0.849. The van der Waals surface area contributed by atoms with Gasteiger partial charge in [-0.15, -0.1) is 10.2 Å². The number of pyridine rings is 1. The molecular weight excluding hydrogens is 379 g/mol. The molecule has 0 spiro atoms. The predicted octanol–water partition coefficient (Wildman–Crippen LogP) is 3.91. The Balaban J connectivity index is 1.55. The number of nitrogen functional groups attached to an aromatic ring is 1. The van der Waals surface area contributed by atoms with Crippen LogP contribution in [0.25, 0.3) is 17.0 Å². The van der Waals surface area contributed by atoms with Gasteiger partial charge in [0.05, 0.1) is 10.7 Å². The number of imidazole rings is 1. The summed E-state index contributed by atoms with van der Waals surface area (Å²) in [5, 5.41) is 10.2. The molecule has 25 heavy (non-hydrogen) atoms. The normalized spacial score (nSPS) is 11.3. The van der Waals surface area contributed by atoms with E-state index < -0.39 is 0 Å². The van der Waals surface area contributed by atoms with E-state index in [0.29, 0.717) is 26.8 Å². The van der Waals surface area contributed by atoms with Crippen molar-refractivity contribution in [1.82, 2.24) is 24.3 Å². The first-order chi connectivity index (χ1) is 12.1. The highest BCUT2D eigenvalue weighted by Crippen LogP contribution is 2.25. The van der Waals surface area contributed by atoms with Gasteiger partial charge in [-0.05, 0) is 24.3 Å². The first kappa shape index (κ1) is 16.3. The molecule has 4 aromatic rings. The van der Waals surface area contributed by atoms with Crippen molar-refractivity contribution in [2.24, 2.45) is 0 Å². The molecule has 0 fully saturated rings. The highest BCUT2D eigenvalue weighted by molar-refractivity contribution is 7.98. The largest absolute Gasteiger partial charge is 0.335 e. The number of benzene rings is 1. The smallest absolute Gasteiger partial charge is 0.210 e. The van der Waals surface area contributed by atoms with Crippen molar-refractivity contribution in [2.45, 2.75) is 10.9 Å². The zero-order chi connectivity index (χ0) is 17.4. The molecule has 0 unspecified atom stereocenters. The van der Waals surface area contributed by atoms with Gasteiger partial charge in [0.25, 0.3) is 0 Å². The molecule has 6 nitrogen and oxygen atoms in total. The minimum atomic E-state index is 0.562. The Morgan fingerprint density at radius 1 is 1.04 bits per heavy atom. The molecule has 0 aliphatic rings. The number of aromatic nitrogens is 5. The summed E-state index contributed by atoms with van der Waals surface area (Å²) in [6.45, 7) is 0. The number of fused-ring (bicyclic) bond motifs is 1. The van der Waals surface area contributed by atoms with E-state index in [1.165, 1.54) is 16.4 Å². The van der Waals surface area contributed by atoms with Crippen LogP contribution in [0.15, 0.2) is 53.9 Å². The lowest BCUT2D eigenvalue weighted by Crippen LogP contribution is -2.11. The highest BCUT2D eigenvalue weighted by atomic mass is 35.5. The summed E-state index contributed by atoms with van der Waals surface area (Å²) in [7, 11) is 0. The molecule has 4 rings (SSSR count). The Labute approximate surface area is 157 Å². The van der Waals surface area contributed by atoms with E-state index in [9.17, 15) is 0 Å². The van der Waals surface area contributed by atoms with E-state index in [1.54, 1.807) is 12.1 Å². The lowest BCUT2D eigenvalue weighted by Gasteiger charge is -2.03. The number of hydrogen-bond donors (Lipinski definition) is 1. The van der Waals surface area contributed by atoms with Gasteiger partial charge in [-0.1, -0.05) is 47.1 Å². The van der Waals surface area contributed by atoms with Crippen LogP contribution >= 0.6 is 35.0 Å². The first-order valence-electron chi connectivity index (χ1n) is 7.32. The molecule has 0 aliphatic heterocycles. The van der Waals surface area contributed by atoms with Gasteiger partial charge in [-0.25, -0.2) is 9.66 Å². The molecule has 1 aromatic carbocycles. The van der Waals surface area contributed by atoms with Gasteiger partial charge in [0, 0.05) is 28.7 Å². The van der Waals surface area contributed by atoms with Gasteiger partial charge >= 0.3 is 0 Å². The van der Waals surface area contributed by atoms with Gasteiger partial charge in [0.2, 0.25) is 5.16 Å². The average molecular weight is 391 g/mol. The third kappa shape index (κ3) is 3.30. The van der Waals surface area contributed by atoms with Crippen LogP contribution in [-0.4, -0.2) is 24.3 Å². The van der Waals surface area contributed by atoms with Gasteiger partial charge in [0.15, 0.2) is 5.82 Å². The highest BCUT2D eigenvalue weighted by Gasteiger charge is 2.13. The number of nitrogens with two attached hydrogens (primary N) is 1. The van der Waals surface area contributed by atoms with Crippen molar-refractivity contribution >= 4 is 40.6 Å². The third-order valence-electron chi connectivity index (χ3n) is 3.56. The van der Waals surface area contributed by atoms with E-state index in [2.05, 4.69) is 15.2 Å². The molecule has 126 valence electrons. The number of hydrogen-bond acceptors (Lipinski definition) is 5. The molecule has 0 bridgehead atoms. The molecule has 0 aliphatic carbocycles. The average Bonchev–Trinajstić information content (AvgIpc) is 3.15. The van der Waals surface area contributed by atoms with Crippen molar-refractivity contribution in [3.05, 3.63) is 64.5 Å². The number of nitrogens with zero attached hydrogens (tertiary/aromatic N) is 5. The molecular formula is C16H12Cl2N6S. The Morgan fingerprint density at radius 2 is 1.92 bits per heavy atom. The molecule has 3 heterocycles. The zero-order valence-corrected chi connectivity index (χ0v) is 15.1. The molecule has 2 N–H and O–H groups in total. The molecule has 0 amide bonds. The van der Waals surface area contributed by atoms with E-state index in [-0.39, 0.29) is 0 Å². The Hall–Kier alpha value is -2.22. The van der Waals surface area contributed by atoms with Crippen LogP contribution in [0.3, 0.4) is 0 Å². The van der Waals surface area contributed by atoms with Crippen molar-refractivity contribution in [3.63, 3.8) is 0 Å². The lowest BCUT2D eigenvalue weighted by atomic mass is 10.2. The Kier molecular flexibility index (Phi) is 4.29. The molecule has 0 saturated carbocycles. The summed E-state index contributed by atoms with van der Waals surface area (Å²) in [6.07, 6.45) is 3.75. The molecule has 3 aromatic heterocycles. The molecule has 0 radical (unpaired) electrons. The Morgan fingerprint density at radius 3 is 2.76 bits per heavy atom. The molecule has 9 heteroatoms. The van der Waals surface area contributed by atoms with Crippen LogP contribution in [0.5, 0.6) is 0 Å². The maximum atomic E-state index is 6.13. The number of thioether (sulfide) groups is 1. The summed E-state index contributed by atoms with van der Waals surface area (Å²) in [5.41, 5.74) is 2.56. The van der Waals surface area contributed by atoms with Crippen molar-refractivity contribution < 1.29 is 0 Å². The van der Waals surface area contributed by atoms with Gasteiger partial charge in [0.1, 0.15) is 5.65 Å². The summed E-state index contributed by atoms with van der Waals surface area (Å²) < 4.78 is 3.35. The summed E-state index contributed by atoms with van der Waals surface area (Å²) in [6, 6.07) is 11.0. The Bertz CT molecular complexity index is 1060. The van der Waals surface area contributed by atoms with Gasteiger partial charge in [-0.3, -0.25) is 0 Å². The summed E-state index contributed by atoms with van der Waals surface area (Å²) in [5.74, 6) is 7.31. The topological polar surface area (TPSA) is 74.0 Å². The van der Waals surface area contributed by atoms with Crippen LogP contribution in [-0.2, 0) is 5.75 Å². The van der Waals surface area contributed by atoms with Crippen molar-refractivity contribution in [2.75, 3.05) is 5.84 Å². The summed E-state index contributed by atoms with van der Waals surface area (Å²) in [4.78, 5) is 4.54. The standard InChI is InChI=1S/C16H12Cl2N6S/c17-11-3-1-2-10(6-11)15-21-22-16(24(15)19)25-9-13-8-23-7-12(18)4-5-14(23)20-13/h1-8H,9,19H2. The van der Waals surface area contributed by atoms with E-state index in [1.807, 2.05) is 41.1 Å². The van der Waals surface area contributed by atoms with E-state index in [4.69, 9.17) is 29.0 Å². The fourth-order valence-electron chi connectivity index (χ4n) is 2.43.